The molecule has 9 nitrogen and oxygen atoms in total. The molecule has 2 N–H and O–H groups in total. The molecule has 0 radical (unpaired) electrons. The van der Waals surface area contributed by atoms with Gasteiger partial charge in [0.05, 0.1) is 30.7 Å². The summed E-state index contributed by atoms with van der Waals surface area (Å²) in [4.78, 5) is 3.96. The smallest absolute Gasteiger partial charge is 0.267 e. The van der Waals surface area contributed by atoms with Crippen molar-refractivity contribution in [3.63, 3.8) is 0 Å². The van der Waals surface area contributed by atoms with E-state index in [-0.39, 0.29) is 24.0 Å². The molecule has 0 saturated heterocycles. The van der Waals surface area contributed by atoms with Gasteiger partial charge in [0.2, 0.25) is 0 Å². The fraction of sp³-hybridized carbons (Fsp3) is 0.400. The minimum Gasteiger partial charge on any atom is -0.394 e. The molecule has 0 saturated carbocycles. The van der Waals surface area contributed by atoms with E-state index in [4.69, 9.17) is 5.11 Å². The molecule has 0 aliphatic rings. The van der Waals surface area contributed by atoms with Crippen LogP contribution in [0.4, 0.5) is 5.95 Å². The summed E-state index contributed by atoms with van der Waals surface area (Å²) in [7, 11) is -3.82. The zero-order valence-corrected chi connectivity index (χ0v) is 11.8. The first-order valence-electron chi connectivity index (χ1n) is 5.76. The number of aliphatic hydroxyl groups excluding tert-OH is 1. The second-order valence-corrected chi connectivity index (χ2v) is 5.76. The Labute approximate surface area is 115 Å². The molecule has 0 spiro atoms. The van der Waals surface area contributed by atoms with Crippen molar-refractivity contribution in [2.45, 2.75) is 25.3 Å². The molecule has 0 aromatic carbocycles. The first kappa shape index (κ1) is 14.3. The van der Waals surface area contributed by atoms with Crippen LogP contribution >= 0.6 is 0 Å². The summed E-state index contributed by atoms with van der Waals surface area (Å²) >= 11 is 0. The Balaban J connectivity index is 2.23. The first-order valence-corrected chi connectivity index (χ1v) is 7.25. The van der Waals surface area contributed by atoms with Crippen LogP contribution in [0.15, 0.2) is 17.3 Å². The van der Waals surface area contributed by atoms with Gasteiger partial charge in [-0.3, -0.25) is 4.68 Å². The summed E-state index contributed by atoms with van der Waals surface area (Å²) < 4.78 is 27.7. The van der Waals surface area contributed by atoms with Crippen molar-refractivity contribution >= 4 is 16.0 Å². The van der Waals surface area contributed by atoms with E-state index in [1.807, 2.05) is 0 Å². The third-order valence-electron chi connectivity index (χ3n) is 2.57. The first-order chi connectivity index (χ1) is 9.42. The summed E-state index contributed by atoms with van der Waals surface area (Å²) in [6, 6.07) is 0. The average molecular weight is 298 g/mol. The molecule has 0 aliphatic heterocycles. The van der Waals surface area contributed by atoms with Crippen molar-refractivity contribution in [2.75, 3.05) is 11.3 Å². The Morgan fingerprint density at radius 2 is 2.05 bits per heavy atom. The molecular weight excluding hydrogens is 284 g/mol. The van der Waals surface area contributed by atoms with Crippen molar-refractivity contribution in [3.05, 3.63) is 23.8 Å². The Hall–Kier alpha value is -2.07. The summed E-state index contributed by atoms with van der Waals surface area (Å²) in [5, 5.41) is 20.1. The van der Waals surface area contributed by atoms with Crippen LogP contribution < -0.4 is 4.72 Å². The van der Waals surface area contributed by atoms with Gasteiger partial charge in [-0.25, -0.2) is 18.1 Å². The number of aryl methyl sites for hydroxylation is 2. The molecule has 0 amide bonds. The highest BCUT2D eigenvalue weighted by molar-refractivity contribution is 7.92. The highest BCUT2D eigenvalue weighted by Crippen LogP contribution is 2.12. The van der Waals surface area contributed by atoms with E-state index in [1.165, 1.54) is 17.1 Å². The highest BCUT2D eigenvalue weighted by Gasteiger charge is 2.18. The van der Waals surface area contributed by atoms with E-state index in [9.17, 15) is 8.42 Å². The minimum atomic E-state index is -3.82. The maximum absolute atomic E-state index is 12.1. The van der Waals surface area contributed by atoms with E-state index in [0.717, 1.165) is 0 Å². The van der Waals surface area contributed by atoms with Gasteiger partial charge in [-0.1, -0.05) is 0 Å². The molecule has 2 rings (SSSR count). The molecule has 10 heteroatoms. The SMILES string of the molecule is Cc1nnc(NS(=O)(=O)c2cnn(CCO)c2)nc1C. The fourth-order valence-corrected chi connectivity index (χ4v) is 2.28. The van der Waals surface area contributed by atoms with Crippen LogP contribution in [0.3, 0.4) is 0 Å². The lowest BCUT2D eigenvalue weighted by Crippen LogP contribution is -2.16. The van der Waals surface area contributed by atoms with Gasteiger partial charge in [-0.05, 0) is 13.8 Å². The second kappa shape index (κ2) is 5.51. The topological polar surface area (TPSA) is 123 Å². The van der Waals surface area contributed by atoms with Crippen molar-refractivity contribution in [2.24, 2.45) is 0 Å². The van der Waals surface area contributed by atoms with Gasteiger partial charge in [0.1, 0.15) is 4.90 Å². The van der Waals surface area contributed by atoms with E-state index in [0.29, 0.717) is 11.4 Å². The largest absolute Gasteiger partial charge is 0.394 e. The summed E-state index contributed by atoms with van der Waals surface area (Å²) in [5.74, 6) is -0.0944. The Morgan fingerprint density at radius 3 is 2.70 bits per heavy atom. The zero-order chi connectivity index (χ0) is 14.8. The van der Waals surface area contributed by atoms with Crippen LogP contribution in [0.2, 0.25) is 0 Å². The predicted octanol–water partition coefficient (Wildman–Crippen LogP) is -0.522. The van der Waals surface area contributed by atoms with Gasteiger partial charge in [0, 0.05) is 6.20 Å². The zero-order valence-electron chi connectivity index (χ0n) is 11.0. The van der Waals surface area contributed by atoms with Crippen LogP contribution in [0.25, 0.3) is 0 Å². The number of anilines is 1. The van der Waals surface area contributed by atoms with Crippen molar-refractivity contribution in [3.8, 4) is 0 Å². The maximum Gasteiger partial charge on any atom is 0.267 e. The Morgan fingerprint density at radius 1 is 1.30 bits per heavy atom. The van der Waals surface area contributed by atoms with Crippen LogP contribution in [0, 0.1) is 13.8 Å². The monoisotopic (exact) mass is 298 g/mol. The van der Waals surface area contributed by atoms with Crippen LogP contribution in [-0.2, 0) is 16.6 Å². The van der Waals surface area contributed by atoms with Crippen molar-refractivity contribution < 1.29 is 13.5 Å². The van der Waals surface area contributed by atoms with Gasteiger partial charge in [0.15, 0.2) is 0 Å². The van der Waals surface area contributed by atoms with Crippen LogP contribution in [-0.4, -0.2) is 45.1 Å². The van der Waals surface area contributed by atoms with Crippen molar-refractivity contribution in [1.29, 1.82) is 0 Å². The van der Waals surface area contributed by atoms with Gasteiger partial charge in [-0.2, -0.15) is 10.2 Å². The quantitative estimate of drug-likeness (QED) is 0.761. The lowest BCUT2D eigenvalue weighted by Gasteiger charge is -2.05. The van der Waals surface area contributed by atoms with Crippen LogP contribution in [0.1, 0.15) is 11.4 Å². The molecule has 0 fully saturated rings. The maximum atomic E-state index is 12.1. The molecule has 20 heavy (non-hydrogen) atoms. The molecule has 0 bridgehead atoms. The summed E-state index contributed by atoms with van der Waals surface area (Å²) in [6.07, 6.45) is 2.50. The fourth-order valence-electron chi connectivity index (χ4n) is 1.39. The highest BCUT2D eigenvalue weighted by atomic mass is 32.2. The minimum absolute atomic E-state index is 0.0345. The number of sulfonamides is 1. The molecule has 0 aliphatic carbocycles. The third kappa shape index (κ3) is 3.08. The lowest BCUT2D eigenvalue weighted by atomic mass is 10.4. The molecule has 0 unspecified atom stereocenters. The van der Waals surface area contributed by atoms with Gasteiger partial charge >= 0.3 is 0 Å². The molecule has 2 heterocycles. The van der Waals surface area contributed by atoms with E-state index in [1.54, 1.807) is 13.8 Å². The third-order valence-corrected chi connectivity index (χ3v) is 3.85. The number of aliphatic hydroxyl groups is 1. The summed E-state index contributed by atoms with van der Waals surface area (Å²) in [5.41, 5.74) is 1.22. The number of aromatic nitrogens is 5. The average Bonchev–Trinajstić information content (AvgIpc) is 2.83. The molecule has 108 valence electrons. The standard InChI is InChI=1S/C10H14N6O3S/c1-7-8(2)13-14-10(12-7)15-20(18,19)9-5-11-16(6-9)3-4-17/h5-6,17H,3-4H2,1-2H3,(H,12,14,15). The predicted molar refractivity (Wildman–Crippen MR) is 69.4 cm³/mol. The van der Waals surface area contributed by atoms with E-state index < -0.39 is 10.0 Å². The number of rotatable bonds is 5. The number of nitrogens with zero attached hydrogens (tertiary/aromatic N) is 5. The molecular formula is C10H14N6O3S. The van der Waals surface area contributed by atoms with Gasteiger partial charge in [0.25, 0.3) is 16.0 Å². The summed E-state index contributed by atoms with van der Waals surface area (Å²) in [6.45, 7) is 3.53. The Kier molecular flexibility index (Phi) is 3.95. The van der Waals surface area contributed by atoms with Gasteiger partial charge in [-0.15, -0.1) is 5.10 Å². The van der Waals surface area contributed by atoms with Crippen LogP contribution in [0.5, 0.6) is 0 Å². The number of hydrogen-bond acceptors (Lipinski definition) is 7. The molecule has 2 aromatic heterocycles. The van der Waals surface area contributed by atoms with Crippen molar-refractivity contribution in [1.82, 2.24) is 25.0 Å². The normalized spacial score (nSPS) is 11.6. The molecule has 2 aromatic rings. The Bertz CT molecular complexity index is 712. The number of hydrogen-bond donors (Lipinski definition) is 2. The van der Waals surface area contributed by atoms with Gasteiger partial charge < -0.3 is 5.11 Å². The lowest BCUT2D eigenvalue weighted by molar-refractivity contribution is 0.269. The van der Waals surface area contributed by atoms with E-state index >= 15 is 0 Å². The second-order valence-electron chi connectivity index (χ2n) is 4.07. The van der Waals surface area contributed by atoms with E-state index in [2.05, 4.69) is 25.0 Å². The molecule has 0 atom stereocenters. The number of nitrogens with one attached hydrogen (secondary N) is 1.